The summed E-state index contributed by atoms with van der Waals surface area (Å²) in [4.78, 5) is 0. The number of unbranched alkanes of at least 4 members (excludes halogenated alkanes) is 3. The molecule has 4 N–H and O–H groups in total. The number of hydrogen-bond donors (Lipinski definition) is 3. The van der Waals surface area contributed by atoms with Gasteiger partial charge in [0, 0.05) is 11.3 Å². The molecule has 1 aromatic rings. The van der Waals surface area contributed by atoms with Gasteiger partial charge in [-0.1, -0.05) is 26.2 Å². The standard InChI is InChI=1S/C12H19NO8S2/c1-2-3-4-5-6-9-10(13)7-8-11(20-22(14,15)16)12(9)21-23(17,18)19/h7-8H,2-6,13H2,1H3,(H,14,15,16)(H,17,18,19). The van der Waals surface area contributed by atoms with Gasteiger partial charge in [-0.2, -0.15) is 16.8 Å². The van der Waals surface area contributed by atoms with Gasteiger partial charge in [-0.25, -0.2) is 0 Å². The Hall–Kier alpha value is -1.56. The molecular formula is C12H19NO8S2. The fourth-order valence-electron chi connectivity index (χ4n) is 1.98. The average molecular weight is 369 g/mol. The number of benzene rings is 1. The number of rotatable bonds is 9. The minimum Gasteiger partial charge on any atom is -0.398 e. The summed E-state index contributed by atoms with van der Waals surface area (Å²) in [7, 11) is -9.85. The van der Waals surface area contributed by atoms with E-state index < -0.39 is 32.3 Å². The van der Waals surface area contributed by atoms with Crippen LogP contribution in [0.15, 0.2) is 12.1 Å². The van der Waals surface area contributed by atoms with E-state index in [4.69, 9.17) is 14.8 Å². The first-order valence-corrected chi connectivity index (χ1v) is 9.51. The van der Waals surface area contributed by atoms with Crippen LogP contribution in [0.3, 0.4) is 0 Å². The van der Waals surface area contributed by atoms with E-state index in [1.807, 2.05) is 6.92 Å². The molecule has 0 spiro atoms. The third kappa shape index (κ3) is 7.03. The van der Waals surface area contributed by atoms with Crippen molar-refractivity contribution in [3.63, 3.8) is 0 Å². The average Bonchev–Trinajstić information content (AvgIpc) is 2.37. The minimum absolute atomic E-state index is 0.142. The maximum Gasteiger partial charge on any atom is 0.446 e. The molecule has 0 aliphatic carbocycles. The van der Waals surface area contributed by atoms with E-state index in [1.54, 1.807) is 0 Å². The molecule has 0 saturated carbocycles. The first-order chi connectivity index (χ1) is 10.5. The van der Waals surface area contributed by atoms with Gasteiger partial charge in [0.25, 0.3) is 0 Å². The van der Waals surface area contributed by atoms with Crippen molar-refractivity contribution in [3.05, 3.63) is 17.7 Å². The van der Waals surface area contributed by atoms with E-state index in [2.05, 4.69) is 8.37 Å². The van der Waals surface area contributed by atoms with Gasteiger partial charge in [0.05, 0.1) is 0 Å². The van der Waals surface area contributed by atoms with Gasteiger partial charge in [0.1, 0.15) is 0 Å². The topological polar surface area (TPSA) is 153 Å². The molecular weight excluding hydrogens is 350 g/mol. The largest absolute Gasteiger partial charge is 0.446 e. The van der Waals surface area contributed by atoms with E-state index in [0.29, 0.717) is 6.42 Å². The lowest BCUT2D eigenvalue weighted by atomic mass is 10.0. The van der Waals surface area contributed by atoms with Gasteiger partial charge in [-0.3, -0.25) is 9.11 Å². The summed E-state index contributed by atoms with van der Waals surface area (Å²) in [5.41, 5.74) is 6.07. The third-order valence-electron chi connectivity index (χ3n) is 2.92. The van der Waals surface area contributed by atoms with Crippen molar-refractivity contribution in [3.8, 4) is 11.5 Å². The molecule has 1 aromatic carbocycles. The molecule has 0 fully saturated rings. The molecule has 0 radical (unpaired) electrons. The van der Waals surface area contributed by atoms with Crippen LogP contribution in [0.5, 0.6) is 11.5 Å². The maximum absolute atomic E-state index is 11.0. The quantitative estimate of drug-likeness (QED) is 0.335. The third-order valence-corrected chi connectivity index (χ3v) is 3.69. The zero-order valence-corrected chi connectivity index (χ0v) is 14.1. The predicted octanol–water partition coefficient (Wildman–Crippen LogP) is 1.75. The van der Waals surface area contributed by atoms with Crippen LogP contribution in [-0.2, 0) is 27.2 Å². The highest BCUT2D eigenvalue weighted by molar-refractivity contribution is 7.81. The van der Waals surface area contributed by atoms with Crippen molar-refractivity contribution in [2.75, 3.05) is 5.73 Å². The van der Waals surface area contributed by atoms with Crippen molar-refractivity contribution in [2.45, 2.75) is 39.0 Å². The Morgan fingerprint density at radius 1 is 1.00 bits per heavy atom. The zero-order chi connectivity index (χ0) is 17.7. The summed E-state index contributed by atoms with van der Waals surface area (Å²) in [6, 6.07) is 2.30. The maximum atomic E-state index is 11.0. The summed E-state index contributed by atoms with van der Waals surface area (Å²) in [6.07, 6.45) is 3.69. The van der Waals surface area contributed by atoms with Gasteiger partial charge in [-0.05, 0) is 25.0 Å². The Kier molecular flexibility index (Phi) is 6.62. The lowest BCUT2D eigenvalue weighted by Gasteiger charge is -2.15. The molecule has 0 aromatic heterocycles. The summed E-state index contributed by atoms with van der Waals surface area (Å²) in [5, 5.41) is 0. The second-order valence-electron chi connectivity index (χ2n) is 4.79. The minimum atomic E-state index is -4.94. The summed E-state index contributed by atoms with van der Waals surface area (Å²) in [5.74, 6) is -1.16. The number of anilines is 1. The lowest BCUT2D eigenvalue weighted by Crippen LogP contribution is -2.13. The highest BCUT2D eigenvalue weighted by atomic mass is 32.3. The van der Waals surface area contributed by atoms with E-state index >= 15 is 0 Å². The smallest absolute Gasteiger partial charge is 0.398 e. The fraction of sp³-hybridized carbons (Fsp3) is 0.500. The van der Waals surface area contributed by atoms with Gasteiger partial charge < -0.3 is 14.1 Å². The molecule has 9 nitrogen and oxygen atoms in total. The molecule has 132 valence electrons. The van der Waals surface area contributed by atoms with Crippen LogP contribution in [-0.4, -0.2) is 25.9 Å². The van der Waals surface area contributed by atoms with E-state index in [-0.39, 0.29) is 17.7 Å². The van der Waals surface area contributed by atoms with Crippen LogP contribution in [0, 0.1) is 0 Å². The number of nitrogens with two attached hydrogens (primary N) is 1. The van der Waals surface area contributed by atoms with E-state index in [1.165, 1.54) is 6.07 Å². The Morgan fingerprint density at radius 2 is 1.61 bits per heavy atom. The van der Waals surface area contributed by atoms with Crippen molar-refractivity contribution in [2.24, 2.45) is 0 Å². The molecule has 23 heavy (non-hydrogen) atoms. The molecule has 0 aliphatic rings. The molecule has 0 atom stereocenters. The highest BCUT2D eigenvalue weighted by Crippen LogP contribution is 2.37. The van der Waals surface area contributed by atoms with Crippen molar-refractivity contribution >= 4 is 26.5 Å². The highest BCUT2D eigenvalue weighted by Gasteiger charge is 2.22. The van der Waals surface area contributed by atoms with Crippen LogP contribution in [0.4, 0.5) is 5.69 Å². The van der Waals surface area contributed by atoms with Crippen LogP contribution in [0.25, 0.3) is 0 Å². The monoisotopic (exact) mass is 369 g/mol. The molecule has 0 bridgehead atoms. The summed E-state index contributed by atoms with van der Waals surface area (Å²) >= 11 is 0. The summed E-state index contributed by atoms with van der Waals surface area (Å²) in [6.45, 7) is 2.02. The van der Waals surface area contributed by atoms with Crippen molar-refractivity contribution in [1.82, 2.24) is 0 Å². The molecule has 0 heterocycles. The van der Waals surface area contributed by atoms with Gasteiger partial charge in [-0.15, -0.1) is 0 Å². The first kappa shape index (κ1) is 19.5. The van der Waals surface area contributed by atoms with E-state index in [0.717, 1.165) is 25.3 Å². The van der Waals surface area contributed by atoms with Crippen LogP contribution >= 0.6 is 0 Å². The van der Waals surface area contributed by atoms with Gasteiger partial charge in [0.2, 0.25) is 0 Å². The number of hydrogen-bond acceptors (Lipinski definition) is 7. The molecule has 0 unspecified atom stereocenters. The van der Waals surface area contributed by atoms with Gasteiger partial charge >= 0.3 is 20.8 Å². The normalized spacial score (nSPS) is 12.1. The van der Waals surface area contributed by atoms with Crippen LogP contribution in [0.2, 0.25) is 0 Å². The van der Waals surface area contributed by atoms with Crippen molar-refractivity contribution in [1.29, 1.82) is 0 Å². The first-order valence-electron chi connectivity index (χ1n) is 6.78. The van der Waals surface area contributed by atoms with Crippen LogP contribution < -0.4 is 14.1 Å². The second kappa shape index (κ2) is 7.81. The zero-order valence-electron chi connectivity index (χ0n) is 12.4. The van der Waals surface area contributed by atoms with Crippen molar-refractivity contribution < 1.29 is 34.3 Å². The Morgan fingerprint density at radius 3 is 2.13 bits per heavy atom. The molecule has 0 saturated heterocycles. The lowest BCUT2D eigenvalue weighted by molar-refractivity contribution is 0.359. The molecule has 0 aliphatic heterocycles. The molecule has 1 rings (SSSR count). The van der Waals surface area contributed by atoms with Crippen LogP contribution in [0.1, 0.15) is 38.2 Å². The Bertz CT molecular complexity index is 743. The second-order valence-corrected chi connectivity index (χ2v) is 6.84. The predicted molar refractivity (Wildman–Crippen MR) is 83.1 cm³/mol. The SMILES string of the molecule is CCCCCCc1c(N)ccc(OS(=O)(=O)O)c1OS(=O)(=O)O. The Balaban J connectivity index is 3.25. The number of nitrogen functional groups attached to an aromatic ring is 1. The fourth-order valence-corrected chi connectivity index (χ4v) is 2.74. The van der Waals surface area contributed by atoms with E-state index in [9.17, 15) is 16.8 Å². The Labute approximate surface area is 135 Å². The molecule has 11 heteroatoms. The van der Waals surface area contributed by atoms with Gasteiger partial charge in [0.15, 0.2) is 11.5 Å². The summed E-state index contributed by atoms with van der Waals surface area (Å²) < 4.78 is 69.9. The molecule has 0 amide bonds.